The lowest BCUT2D eigenvalue weighted by molar-refractivity contribution is -0.138. The zero-order chi connectivity index (χ0) is 39.2. The van der Waals surface area contributed by atoms with Crippen molar-refractivity contribution in [2.75, 3.05) is 0 Å². The molecule has 2 aromatic heterocycles. The summed E-state index contributed by atoms with van der Waals surface area (Å²) >= 11 is 1.28. The van der Waals surface area contributed by atoms with Gasteiger partial charge in [-0.2, -0.15) is 26.3 Å². The van der Waals surface area contributed by atoms with E-state index in [0.717, 1.165) is 34.7 Å². The van der Waals surface area contributed by atoms with Crippen LogP contribution in [0.4, 0.5) is 26.3 Å². The fourth-order valence-electron chi connectivity index (χ4n) is 6.40. The van der Waals surface area contributed by atoms with Crippen LogP contribution in [0.5, 0.6) is 11.5 Å². The molecule has 278 valence electrons. The van der Waals surface area contributed by atoms with Gasteiger partial charge in [0.05, 0.1) is 16.6 Å². The van der Waals surface area contributed by atoms with Gasteiger partial charge in [-0.25, -0.2) is 0 Å². The van der Waals surface area contributed by atoms with Crippen molar-refractivity contribution in [1.29, 1.82) is 0 Å². The predicted molar refractivity (Wildman–Crippen MR) is 206 cm³/mol. The van der Waals surface area contributed by atoms with Crippen LogP contribution in [0.25, 0.3) is 55.3 Å². The topological polar surface area (TPSA) is 74.9 Å². The van der Waals surface area contributed by atoms with Crippen LogP contribution >= 0.6 is 11.8 Å². The minimum atomic E-state index is -4.48. The van der Waals surface area contributed by atoms with Gasteiger partial charge in [-0.3, -0.25) is 9.59 Å². The van der Waals surface area contributed by atoms with Crippen molar-refractivity contribution < 1.29 is 31.1 Å². The molecule has 8 rings (SSSR count). The number of alkyl halides is 6. The van der Waals surface area contributed by atoms with Crippen LogP contribution in [0.3, 0.4) is 0 Å². The Labute approximate surface area is 318 Å². The molecule has 5 nitrogen and oxygen atoms in total. The molecular weight excluding hydrogens is 751 g/mol. The first-order valence-corrected chi connectivity index (χ1v) is 17.8. The Kier molecular flexibility index (Phi) is 9.29. The number of rotatable bonds is 7. The van der Waals surface area contributed by atoms with Gasteiger partial charge < -0.3 is 14.7 Å². The highest BCUT2D eigenvalue weighted by Gasteiger charge is 2.31. The Balaban J connectivity index is 1.19. The lowest BCUT2D eigenvalue weighted by atomic mass is 9.99. The molecule has 12 heteroatoms. The van der Waals surface area contributed by atoms with Crippen molar-refractivity contribution in [2.45, 2.75) is 22.1 Å². The number of para-hydroxylation sites is 1. The Morgan fingerprint density at radius 3 is 1.84 bits per heavy atom. The molecule has 0 saturated heterocycles. The summed E-state index contributed by atoms with van der Waals surface area (Å²) in [6.07, 6.45) is -7.40. The highest BCUT2D eigenvalue weighted by Crippen LogP contribution is 2.41. The first-order chi connectivity index (χ1) is 26.8. The van der Waals surface area contributed by atoms with Gasteiger partial charge in [0.2, 0.25) is 0 Å². The van der Waals surface area contributed by atoms with E-state index in [1.807, 2.05) is 24.3 Å². The third-order valence-electron chi connectivity index (χ3n) is 9.21. The molecule has 0 fully saturated rings. The van der Waals surface area contributed by atoms with Gasteiger partial charge in [-0.1, -0.05) is 48.2 Å². The second kappa shape index (κ2) is 14.3. The van der Waals surface area contributed by atoms with Crippen LogP contribution < -0.4 is 15.6 Å². The number of aromatic amines is 2. The summed E-state index contributed by atoms with van der Waals surface area (Å²) < 4.78 is 85.2. The maximum Gasteiger partial charge on any atom is 0.416 e. The molecule has 0 atom stereocenters. The number of halogens is 6. The number of pyridine rings is 2. The molecule has 0 aliphatic rings. The summed E-state index contributed by atoms with van der Waals surface area (Å²) in [4.78, 5) is 33.8. The molecule has 0 amide bonds. The molecular formula is C44H26F6N2O3S. The van der Waals surface area contributed by atoms with E-state index < -0.39 is 23.5 Å². The lowest BCUT2D eigenvalue weighted by Crippen LogP contribution is -2.04. The van der Waals surface area contributed by atoms with E-state index in [1.165, 1.54) is 48.2 Å². The second-order valence-electron chi connectivity index (χ2n) is 12.9. The van der Waals surface area contributed by atoms with Crippen molar-refractivity contribution in [1.82, 2.24) is 9.97 Å². The monoisotopic (exact) mass is 776 g/mol. The van der Waals surface area contributed by atoms with Gasteiger partial charge in [-0.15, -0.1) is 0 Å². The standard InChI is InChI=1S/C44H26F6N2O3S/c45-43(46,47)28-8-12-30(13-9-28)55-41-4-2-1-3-32(41)25-5-17-34-38(23-25)52-36(24-40(34)54)27-7-18-42(56-31-14-10-29(11-15-31)44(48,49)50)35(21-27)26-6-16-33-37(22-26)51-20-19-39(33)53/h1-24H,(H,51,53)(H,52,54). The van der Waals surface area contributed by atoms with E-state index in [-0.39, 0.29) is 16.6 Å². The summed E-state index contributed by atoms with van der Waals surface area (Å²) in [5.41, 5.74) is 3.07. The Bertz CT molecular complexity index is 2880. The first-order valence-electron chi connectivity index (χ1n) is 17.0. The summed E-state index contributed by atoms with van der Waals surface area (Å²) in [5, 5.41) is 0.914. The van der Waals surface area contributed by atoms with E-state index in [0.29, 0.717) is 60.4 Å². The molecule has 0 aliphatic heterocycles. The number of hydrogen-bond donors (Lipinski definition) is 2. The quantitative estimate of drug-likeness (QED) is 0.158. The van der Waals surface area contributed by atoms with Crippen molar-refractivity contribution in [3.63, 3.8) is 0 Å². The number of H-pyrrole nitrogens is 2. The van der Waals surface area contributed by atoms with E-state index in [4.69, 9.17) is 4.74 Å². The lowest BCUT2D eigenvalue weighted by Gasteiger charge is -2.15. The smallest absolute Gasteiger partial charge is 0.416 e. The van der Waals surface area contributed by atoms with Gasteiger partial charge >= 0.3 is 12.4 Å². The normalized spacial score (nSPS) is 12.0. The van der Waals surface area contributed by atoms with Crippen molar-refractivity contribution in [3.05, 3.63) is 177 Å². The summed E-state index contributed by atoms with van der Waals surface area (Å²) in [7, 11) is 0. The van der Waals surface area contributed by atoms with Gasteiger partial charge in [-0.05, 0) is 113 Å². The van der Waals surface area contributed by atoms with Gasteiger partial charge in [0.25, 0.3) is 0 Å². The molecule has 0 unspecified atom stereocenters. The Morgan fingerprint density at radius 1 is 0.536 bits per heavy atom. The average Bonchev–Trinajstić information content (AvgIpc) is 3.18. The zero-order valence-corrected chi connectivity index (χ0v) is 29.6. The van der Waals surface area contributed by atoms with E-state index >= 15 is 0 Å². The average molecular weight is 777 g/mol. The molecule has 2 N–H and O–H groups in total. The van der Waals surface area contributed by atoms with Gasteiger partial charge in [0.15, 0.2) is 10.9 Å². The molecule has 0 bridgehead atoms. The maximum absolute atomic E-state index is 13.5. The summed E-state index contributed by atoms with van der Waals surface area (Å²) in [6, 6.07) is 35.4. The summed E-state index contributed by atoms with van der Waals surface area (Å²) in [6.45, 7) is 0. The maximum atomic E-state index is 13.5. The molecule has 6 aromatic carbocycles. The Morgan fingerprint density at radius 2 is 1.14 bits per heavy atom. The fourth-order valence-corrected chi connectivity index (χ4v) is 7.35. The number of hydrogen-bond acceptors (Lipinski definition) is 4. The highest BCUT2D eigenvalue weighted by atomic mass is 32.2. The fraction of sp³-hybridized carbons (Fsp3) is 0.0455. The van der Waals surface area contributed by atoms with E-state index in [2.05, 4.69) is 9.97 Å². The number of fused-ring (bicyclic) bond motifs is 2. The zero-order valence-electron chi connectivity index (χ0n) is 28.8. The van der Waals surface area contributed by atoms with Crippen molar-refractivity contribution in [3.8, 4) is 45.0 Å². The number of nitrogens with one attached hydrogen (secondary N) is 2. The molecule has 56 heavy (non-hydrogen) atoms. The van der Waals surface area contributed by atoms with Gasteiger partial charge in [0, 0.05) is 55.7 Å². The number of aromatic nitrogens is 2. The second-order valence-corrected chi connectivity index (χ2v) is 14.0. The molecule has 8 aromatic rings. The van der Waals surface area contributed by atoms with Crippen LogP contribution in [-0.2, 0) is 12.4 Å². The number of ether oxygens (including phenoxy) is 1. The van der Waals surface area contributed by atoms with E-state index in [9.17, 15) is 35.9 Å². The molecule has 0 radical (unpaired) electrons. The highest BCUT2D eigenvalue weighted by molar-refractivity contribution is 7.99. The van der Waals surface area contributed by atoms with Crippen LogP contribution in [-0.4, -0.2) is 9.97 Å². The SMILES string of the molecule is O=c1cc[nH]c2cc(-c3cc(-c4cc(=O)c5ccc(-c6ccccc6Oc6ccc(C(F)(F)F)cc6)cc5[nH]4)ccc3Sc3ccc(C(F)(F)F)cc3)ccc12. The molecule has 0 aliphatic carbocycles. The molecule has 2 heterocycles. The van der Waals surface area contributed by atoms with Crippen molar-refractivity contribution >= 4 is 33.6 Å². The van der Waals surface area contributed by atoms with Crippen LogP contribution in [0, 0.1) is 0 Å². The van der Waals surface area contributed by atoms with Crippen molar-refractivity contribution in [2.24, 2.45) is 0 Å². The predicted octanol–water partition coefficient (Wildman–Crippen LogP) is 12.4. The first kappa shape index (κ1) is 36.4. The summed E-state index contributed by atoms with van der Waals surface area (Å²) in [5.74, 6) is 0.614. The number of benzene rings is 6. The third kappa shape index (κ3) is 7.43. The largest absolute Gasteiger partial charge is 0.457 e. The minimum Gasteiger partial charge on any atom is -0.457 e. The molecule has 0 saturated carbocycles. The van der Waals surface area contributed by atoms with Gasteiger partial charge in [0.1, 0.15) is 11.5 Å². The minimum absolute atomic E-state index is 0.153. The van der Waals surface area contributed by atoms with E-state index in [1.54, 1.807) is 60.8 Å². The van der Waals surface area contributed by atoms with Crippen LogP contribution in [0.15, 0.2) is 165 Å². The van der Waals surface area contributed by atoms with Crippen LogP contribution in [0.1, 0.15) is 11.1 Å². The molecule has 0 spiro atoms. The van der Waals surface area contributed by atoms with Crippen LogP contribution in [0.2, 0.25) is 0 Å². The Hall–Kier alpha value is -6.53. The third-order valence-corrected chi connectivity index (χ3v) is 10.3.